The molecule has 0 aromatic carbocycles. The molecule has 1 heterocycles. The van der Waals surface area contributed by atoms with E-state index in [1.807, 2.05) is 17.5 Å². The van der Waals surface area contributed by atoms with E-state index in [-0.39, 0.29) is 5.92 Å². The molecule has 0 radical (unpaired) electrons. The zero-order valence-electron chi connectivity index (χ0n) is 7.49. The van der Waals surface area contributed by atoms with Gasteiger partial charge < -0.3 is 10.4 Å². The number of hydrogen-bond acceptors (Lipinski definition) is 3. The topological polar surface area (TPSA) is 49.3 Å². The van der Waals surface area contributed by atoms with Crippen molar-refractivity contribution in [2.75, 3.05) is 6.54 Å². The minimum Gasteiger partial charge on any atom is -0.481 e. The first-order valence-corrected chi connectivity index (χ1v) is 5.04. The molecule has 1 aromatic rings. The first-order valence-electron chi connectivity index (χ1n) is 4.16. The standard InChI is InChI=1S/C9H13NO2S/c1-7(9(11)12)5-10-6-8-3-2-4-13-8/h2-4,7,10H,5-6H2,1H3,(H,11,12). The molecule has 0 aliphatic rings. The molecule has 1 aromatic heterocycles. The molecule has 1 atom stereocenters. The molecule has 1 rings (SSSR count). The molecular formula is C9H13NO2S. The molecule has 0 amide bonds. The van der Waals surface area contributed by atoms with Crippen molar-refractivity contribution in [3.63, 3.8) is 0 Å². The number of hydrogen-bond donors (Lipinski definition) is 2. The number of thiophene rings is 1. The molecule has 72 valence electrons. The number of aliphatic carboxylic acids is 1. The molecule has 0 saturated carbocycles. The van der Waals surface area contributed by atoms with Crippen LogP contribution in [0.25, 0.3) is 0 Å². The number of carboxylic acids is 1. The van der Waals surface area contributed by atoms with Crippen molar-refractivity contribution in [2.24, 2.45) is 5.92 Å². The van der Waals surface area contributed by atoms with Crippen molar-refractivity contribution >= 4 is 17.3 Å². The predicted molar refractivity (Wildman–Crippen MR) is 52.8 cm³/mol. The van der Waals surface area contributed by atoms with Crippen LogP contribution in [0.5, 0.6) is 0 Å². The van der Waals surface area contributed by atoms with Gasteiger partial charge in [-0.05, 0) is 11.4 Å². The number of rotatable bonds is 5. The smallest absolute Gasteiger partial charge is 0.307 e. The van der Waals surface area contributed by atoms with Gasteiger partial charge in [-0.25, -0.2) is 0 Å². The van der Waals surface area contributed by atoms with Crippen LogP contribution in [0.1, 0.15) is 11.8 Å². The molecule has 0 fully saturated rings. The Hall–Kier alpha value is -0.870. The minimum absolute atomic E-state index is 0.319. The second-order valence-electron chi connectivity index (χ2n) is 2.95. The van der Waals surface area contributed by atoms with Crippen LogP contribution in [0.3, 0.4) is 0 Å². The van der Waals surface area contributed by atoms with Crippen molar-refractivity contribution in [1.29, 1.82) is 0 Å². The van der Waals surface area contributed by atoms with Gasteiger partial charge in [-0.2, -0.15) is 0 Å². The van der Waals surface area contributed by atoms with Gasteiger partial charge in [0.25, 0.3) is 0 Å². The zero-order valence-corrected chi connectivity index (χ0v) is 8.30. The highest BCUT2D eigenvalue weighted by atomic mass is 32.1. The van der Waals surface area contributed by atoms with E-state index >= 15 is 0 Å². The Balaban J connectivity index is 2.18. The van der Waals surface area contributed by atoms with Gasteiger partial charge in [-0.15, -0.1) is 11.3 Å². The highest BCUT2D eigenvalue weighted by molar-refractivity contribution is 7.09. The van der Waals surface area contributed by atoms with Gasteiger partial charge in [0.1, 0.15) is 0 Å². The Kier molecular flexibility index (Phi) is 3.92. The largest absolute Gasteiger partial charge is 0.481 e. The van der Waals surface area contributed by atoms with Gasteiger partial charge in [0.15, 0.2) is 0 Å². The summed E-state index contributed by atoms with van der Waals surface area (Å²) in [6.07, 6.45) is 0. The van der Waals surface area contributed by atoms with Crippen LogP contribution in [-0.4, -0.2) is 17.6 Å². The molecule has 0 bridgehead atoms. The average Bonchev–Trinajstić information content (AvgIpc) is 2.56. The van der Waals surface area contributed by atoms with Crippen LogP contribution >= 0.6 is 11.3 Å². The van der Waals surface area contributed by atoms with Crippen LogP contribution in [0.15, 0.2) is 17.5 Å². The lowest BCUT2D eigenvalue weighted by Crippen LogP contribution is -2.25. The van der Waals surface area contributed by atoms with Crippen molar-refractivity contribution in [3.8, 4) is 0 Å². The summed E-state index contributed by atoms with van der Waals surface area (Å²) in [5.74, 6) is -1.07. The predicted octanol–water partition coefficient (Wildman–Crippen LogP) is 1.56. The van der Waals surface area contributed by atoms with Gasteiger partial charge in [0.2, 0.25) is 0 Å². The number of carboxylic acid groups (broad SMARTS) is 1. The maximum absolute atomic E-state index is 10.5. The third-order valence-electron chi connectivity index (χ3n) is 1.75. The van der Waals surface area contributed by atoms with Crippen LogP contribution in [0, 0.1) is 5.92 Å². The van der Waals surface area contributed by atoms with Gasteiger partial charge in [0, 0.05) is 18.0 Å². The van der Waals surface area contributed by atoms with E-state index < -0.39 is 5.97 Å². The second kappa shape index (κ2) is 4.99. The molecule has 2 N–H and O–H groups in total. The molecule has 13 heavy (non-hydrogen) atoms. The van der Waals surface area contributed by atoms with E-state index in [1.54, 1.807) is 18.3 Å². The number of carbonyl (C=O) groups is 1. The monoisotopic (exact) mass is 199 g/mol. The maximum atomic E-state index is 10.5. The van der Waals surface area contributed by atoms with E-state index in [9.17, 15) is 4.79 Å². The SMILES string of the molecule is CC(CNCc1cccs1)C(=O)O. The minimum atomic E-state index is -0.751. The van der Waals surface area contributed by atoms with Crippen LogP contribution in [0.2, 0.25) is 0 Å². The van der Waals surface area contributed by atoms with E-state index in [1.165, 1.54) is 4.88 Å². The summed E-state index contributed by atoms with van der Waals surface area (Å²) in [5, 5.41) is 13.7. The fourth-order valence-electron chi connectivity index (χ4n) is 0.912. The first-order chi connectivity index (χ1) is 6.20. The van der Waals surface area contributed by atoms with E-state index in [4.69, 9.17) is 5.11 Å². The van der Waals surface area contributed by atoms with Crippen molar-refractivity contribution < 1.29 is 9.90 Å². The van der Waals surface area contributed by atoms with Crippen molar-refractivity contribution in [2.45, 2.75) is 13.5 Å². The normalized spacial score (nSPS) is 12.7. The van der Waals surface area contributed by atoms with E-state index in [2.05, 4.69) is 5.32 Å². The summed E-state index contributed by atoms with van der Waals surface area (Å²) in [6, 6.07) is 4.02. The van der Waals surface area contributed by atoms with Crippen molar-refractivity contribution in [3.05, 3.63) is 22.4 Å². The Morgan fingerprint density at radius 1 is 1.77 bits per heavy atom. The van der Waals surface area contributed by atoms with Crippen LogP contribution in [-0.2, 0) is 11.3 Å². The molecule has 4 heteroatoms. The quantitative estimate of drug-likeness (QED) is 0.756. The summed E-state index contributed by atoms with van der Waals surface area (Å²) >= 11 is 1.67. The number of nitrogens with one attached hydrogen (secondary N) is 1. The van der Waals surface area contributed by atoms with Gasteiger partial charge in [-0.3, -0.25) is 4.79 Å². The summed E-state index contributed by atoms with van der Waals surface area (Å²) in [6.45, 7) is 2.98. The zero-order chi connectivity index (χ0) is 9.68. The van der Waals surface area contributed by atoms with Gasteiger partial charge in [0.05, 0.1) is 5.92 Å². The average molecular weight is 199 g/mol. The Labute approximate surface area is 81.4 Å². The highest BCUT2D eigenvalue weighted by Gasteiger charge is 2.09. The lowest BCUT2D eigenvalue weighted by atomic mass is 10.2. The van der Waals surface area contributed by atoms with E-state index in [0.29, 0.717) is 6.54 Å². The van der Waals surface area contributed by atoms with Gasteiger partial charge >= 0.3 is 5.97 Å². The third kappa shape index (κ3) is 3.57. The first kappa shape index (κ1) is 10.2. The van der Waals surface area contributed by atoms with E-state index in [0.717, 1.165) is 6.54 Å². The molecule has 0 spiro atoms. The fraction of sp³-hybridized carbons (Fsp3) is 0.444. The molecular weight excluding hydrogens is 186 g/mol. The lowest BCUT2D eigenvalue weighted by Gasteiger charge is -2.06. The fourth-order valence-corrected chi connectivity index (χ4v) is 1.59. The van der Waals surface area contributed by atoms with Crippen LogP contribution < -0.4 is 5.32 Å². The summed E-state index contributed by atoms with van der Waals surface area (Å²) < 4.78 is 0. The Morgan fingerprint density at radius 3 is 3.08 bits per heavy atom. The van der Waals surface area contributed by atoms with Crippen molar-refractivity contribution in [1.82, 2.24) is 5.32 Å². The highest BCUT2D eigenvalue weighted by Crippen LogP contribution is 2.07. The third-order valence-corrected chi connectivity index (χ3v) is 2.63. The summed E-state index contributed by atoms with van der Waals surface area (Å²) in [4.78, 5) is 11.7. The second-order valence-corrected chi connectivity index (χ2v) is 3.98. The molecule has 3 nitrogen and oxygen atoms in total. The molecule has 0 aliphatic carbocycles. The molecule has 1 unspecified atom stereocenters. The molecule has 0 saturated heterocycles. The molecule has 0 aliphatic heterocycles. The Bertz CT molecular complexity index is 259. The summed E-state index contributed by atoms with van der Waals surface area (Å²) in [7, 11) is 0. The van der Waals surface area contributed by atoms with Gasteiger partial charge in [-0.1, -0.05) is 13.0 Å². The summed E-state index contributed by atoms with van der Waals surface area (Å²) in [5.41, 5.74) is 0. The maximum Gasteiger partial charge on any atom is 0.307 e. The lowest BCUT2D eigenvalue weighted by molar-refractivity contribution is -0.140. The van der Waals surface area contributed by atoms with Crippen LogP contribution in [0.4, 0.5) is 0 Å². The Morgan fingerprint density at radius 2 is 2.54 bits per heavy atom.